The molecule has 37 heavy (non-hydrogen) atoms. The number of imidazole rings is 1. The minimum atomic E-state index is 1.18. The van der Waals surface area contributed by atoms with Crippen LogP contribution < -0.4 is 4.57 Å². The SMILES string of the molecule is CCCCCCCCCCCCCCCCCn1cc[n+](CCC)c1CCCCCCCCCCCC. The Morgan fingerprint density at radius 1 is 0.459 bits per heavy atom. The fraction of sp³-hybridized carbons (Fsp3) is 0.914. The Balaban J connectivity index is 2.06. The van der Waals surface area contributed by atoms with Crippen LogP contribution >= 0.6 is 0 Å². The Labute approximate surface area is 234 Å². The van der Waals surface area contributed by atoms with E-state index in [1.807, 2.05) is 0 Å². The van der Waals surface area contributed by atoms with Gasteiger partial charge >= 0.3 is 0 Å². The summed E-state index contributed by atoms with van der Waals surface area (Å²) in [6.45, 7) is 9.33. The van der Waals surface area contributed by atoms with Crippen LogP contribution in [0.3, 0.4) is 0 Å². The molecule has 218 valence electrons. The smallest absolute Gasteiger partial charge is 0.234 e. The van der Waals surface area contributed by atoms with Crippen LogP contribution in [0.15, 0.2) is 12.4 Å². The Bertz CT molecular complexity index is 576. The van der Waals surface area contributed by atoms with E-state index in [0.717, 1.165) is 0 Å². The summed E-state index contributed by atoms with van der Waals surface area (Å²) in [6.07, 6.45) is 43.1. The van der Waals surface area contributed by atoms with Crippen molar-refractivity contribution in [3.8, 4) is 0 Å². The van der Waals surface area contributed by atoms with E-state index in [1.165, 1.54) is 186 Å². The van der Waals surface area contributed by atoms with Gasteiger partial charge in [-0.05, 0) is 25.7 Å². The van der Waals surface area contributed by atoms with Crippen molar-refractivity contribution in [1.29, 1.82) is 0 Å². The maximum absolute atomic E-state index is 2.59. The highest BCUT2D eigenvalue weighted by molar-refractivity contribution is 4.84. The second kappa shape index (κ2) is 26.8. The second-order valence-electron chi connectivity index (χ2n) is 12.0. The van der Waals surface area contributed by atoms with Crippen LogP contribution in [0.4, 0.5) is 0 Å². The predicted molar refractivity (Wildman–Crippen MR) is 165 cm³/mol. The highest BCUT2D eigenvalue weighted by Gasteiger charge is 2.15. The van der Waals surface area contributed by atoms with E-state index < -0.39 is 0 Å². The van der Waals surface area contributed by atoms with Crippen LogP contribution in [0.1, 0.15) is 194 Å². The molecule has 0 atom stereocenters. The molecule has 0 radical (unpaired) electrons. The van der Waals surface area contributed by atoms with E-state index >= 15 is 0 Å². The van der Waals surface area contributed by atoms with E-state index in [0.29, 0.717) is 0 Å². The minimum absolute atomic E-state index is 1.18. The molecule has 0 aromatic carbocycles. The van der Waals surface area contributed by atoms with Gasteiger partial charge in [0.05, 0.1) is 13.1 Å². The number of hydrogen-bond donors (Lipinski definition) is 0. The number of aromatic nitrogens is 2. The maximum atomic E-state index is 2.59. The van der Waals surface area contributed by atoms with Crippen molar-refractivity contribution < 1.29 is 4.57 Å². The molecule has 0 spiro atoms. The molecule has 1 rings (SSSR count). The van der Waals surface area contributed by atoms with Gasteiger partial charge in [0.2, 0.25) is 0 Å². The fourth-order valence-electron chi connectivity index (χ4n) is 5.86. The van der Waals surface area contributed by atoms with Crippen LogP contribution in [0.5, 0.6) is 0 Å². The first-order valence-corrected chi connectivity index (χ1v) is 17.4. The second-order valence-corrected chi connectivity index (χ2v) is 12.0. The van der Waals surface area contributed by atoms with Gasteiger partial charge in [-0.3, -0.25) is 0 Å². The first kappa shape index (κ1) is 34.2. The van der Waals surface area contributed by atoms with Crippen molar-refractivity contribution in [3.63, 3.8) is 0 Å². The molecule has 1 aromatic heterocycles. The molecular weight excluding hydrogens is 448 g/mol. The van der Waals surface area contributed by atoms with Gasteiger partial charge in [0, 0.05) is 6.42 Å². The summed E-state index contributed by atoms with van der Waals surface area (Å²) in [6, 6.07) is 0. The monoisotopic (exact) mass is 518 g/mol. The van der Waals surface area contributed by atoms with Crippen LogP contribution in [-0.4, -0.2) is 4.57 Å². The third kappa shape index (κ3) is 19.9. The molecule has 0 saturated carbocycles. The minimum Gasteiger partial charge on any atom is -0.234 e. The molecular formula is C35H69N2+. The summed E-state index contributed by atoms with van der Waals surface area (Å²) < 4.78 is 5.13. The molecule has 0 unspecified atom stereocenters. The first-order chi connectivity index (χ1) is 18.3. The topological polar surface area (TPSA) is 8.81 Å². The maximum Gasteiger partial charge on any atom is 0.256 e. The highest BCUT2D eigenvalue weighted by Crippen LogP contribution is 2.15. The third-order valence-corrected chi connectivity index (χ3v) is 8.31. The molecule has 0 aliphatic rings. The van der Waals surface area contributed by atoms with E-state index in [2.05, 4.69) is 42.3 Å². The molecule has 1 aromatic rings. The van der Waals surface area contributed by atoms with Crippen molar-refractivity contribution in [1.82, 2.24) is 4.57 Å². The van der Waals surface area contributed by atoms with Crippen molar-refractivity contribution in [2.24, 2.45) is 0 Å². The molecule has 0 aliphatic heterocycles. The van der Waals surface area contributed by atoms with Gasteiger partial charge in [-0.1, -0.05) is 162 Å². The summed E-state index contributed by atoms with van der Waals surface area (Å²) in [5.41, 5.74) is 0. The van der Waals surface area contributed by atoms with Gasteiger partial charge < -0.3 is 0 Å². The van der Waals surface area contributed by atoms with Gasteiger partial charge in [-0.15, -0.1) is 0 Å². The number of unbranched alkanes of at least 4 members (excludes halogenated alkanes) is 23. The van der Waals surface area contributed by atoms with E-state index in [4.69, 9.17) is 0 Å². The normalized spacial score (nSPS) is 11.5. The molecule has 2 heteroatoms. The molecule has 2 nitrogen and oxygen atoms in total. The largest absolute Gasteiger partial charge is 0.256 e. The zero-order chi connectivity index (χ0) is 26.7. The van der Waals surface area contributed by atoms with Crippen molar-refractivity contribution in [3.05, 3.63) is 18.2 Å². The zero-order valence-corrected chi connectivity index (χ0v) is 26.1. The number of hydrogen-bond acceptors (Lipinski definition) is 0. The highest BCUT2D eigenvalue weighted by atomic mass is 15.1. The van der Waals surface area contributed by atoms with Gasteiger partial charge in [-0.25, -0.2) is 9.13 Å². The molecule has 0 N–H and O–H groups in total. The van der Waals surface area contributed by atoms with Gasteiger partial charge in [0.1, 0.15) is 12.4 Å². The average molecular weight is 518 g/mol. The summed E-state index contributed by atoms with van der Waals surface area (Å²) in [5.74, 6) is 1.59. The number of nitrogens with zero attached hydrogens (tertiary/aromatic N) is 2. The number of rotatable bonds is 29. The van der Waals surface area contributed by atoms with E-state index in [9.17, 15) is 0 Å². The Morgan fingerprint density at radius 2 is 0.838 bits per heavy atom. The van der Waals surface area contributed by atoms with Gasteiger partial charge in [0.15, 0.2) is 0 Å². The summed E-state index contributed by atoms with van der Waals surface area (Å²) >= 11 is 0. The lowest BCUT2D eigenvalue weighted by Gasteiger charge is -2.06. The lowest BCUT2D eigenvalue weighted by Crippen LogP contribution is -2.37. The lowest BCUT2D eigenvalue weighted by atomic mass is 10.0. The zero-order valence-electron chi connectivity index (χ0n) is 26.1. The van der Waals surface area contributed by atoms with E-state index in [1.54, 1.807) is 5.82 Å². The standard InChI is InChI=1S/C35H69N2/c1-4-7-9-11-13-15-17-18-19-20-21-23-25-27-29-32-37-34-33-36(31-6-3)35(37)30-28-26-24-22-16-14-12-10-8-5-2/h33-34H,4-32H2,1-3H3/q+1. The average Bonchev–Trinajstić information content (AvgIpc) is 3.28. The van der Waals surface area contributed by atoms with Crippen molar-refractivity contribution >= 4 is 0 Å². The van der Waals surface area contributed by atoms with Crippen LogP contribution in [0, 0.1) is 0 Å². The molecule has 0 amide bonds. The Morgan fingerprint density at radius 3 is 1.24 bits per heavy atom. The van der Waals surface area contributed by atoms with Crippen LogP contribution in [-0.2, 0) is 19.5 Å². The van der Waals surface area contributed by atoms with Crippen molar-refractivity contribution in [2.75, 3.05) is 0 Å². The number of aryl methyl sites for hydroxylation is 2. The summed E-state index contributed by atoms with van der Waals surface area (Å²) in [5, 5.41) is 0. The van der Waals surface area contributed by atoms with Gasteiger partial charge in [0.25, 0.3) is 5.82 Å². The van der Waals surface area contributed by atoms with Crippen LogP contribution in [0.25, 0.3) is 0 Å². The van der Waals surface area contributed by atoms with E-state index in [-0.39, 0.29) is 0 Å². The predicted octanol–water partition coefficient (Wildman–Crippen LogP) is 11.5. The Kier molecular flexibility index (Phi) is 24.8. The van der Waals surface area contributed by atoms with Gasteiger partial charge in [-0.2, -0.15) is 0 Å². The first-order valence-electron chi connectivity index (χ1n) is 17.4. The van der Waals surface area contributed by atoms with Crippen molar-refractivity contribution in [2.45, 2.75) is 207 Å². The van der Waals surface area contributed by atoms with Crippen LogP contribution in [0.2, 0.25) is 0 Å². The summed E-state index contributed by atoms with van der Waals surface area (Å²) in [4.78, 5) is 0. The quantitative estimate of drug-likeness (QED) is 0.0737. The third-order valence-electron chi connectivity index (χ3n) is 8.31. The summed E-state index contributed by atoms with van der Waals surface area (Å²) in [7, 11) is 0. The Hall–Kier alpha value is -0.790. The molecule has 0 saturated heterocycles. The fourth-order valence-corrected chi connectivity index (χ4v) is 5.86. The molecule has 0 aliphatic carbocycles. The molecule has 0 fully saturated rings. The molecule has 1 heterocycles. The molecule has 0 bridgehead atoms. The lowest BCUT2D eigenvalue weighted by molar-refractivity contribution is -0.703.